The lowest BCUT2D eigenvalue weighted by molar-refractivity contribution is 0.112. The van der Waals surface area contributed by atoms with Gasteiger partial charge in [0.1, 0.15) is 0 Å². The SMILES string of the molecule is Cc1ccc(-n2cc(C=O)c(C3CCCCC3)n2)c(C)c1. The van der Waals surface area contributed by atoms with Crippen LogP contribution in [0.4, 0.5) is 0 Å². The lowest BCUT2D eigenvalue weighted by atomic mass is 9.86. The highest BCUT2D eigenvalue weighted by Gasteiger charge is 2.22. The fourth-order valence-electron chi connectivity index (χ4n) is 3.37. The van der Waals surface area contributed by atoms with Crippen LogP contribution >= 0.6 is 0 Å². The number of nitrogens with zero attached hydrogens (tertiary/aromatic N) is 2. The molecule has 0 spiro atoms. The third-order valence-electron chi connectivity index (χ3n) is 4.49. The first-order chi connectivity index (χ1) is 10.2. The molecule has 1 aromatic heterocycles. The fourth-order valence-corrected chi connectivity index (χ4v) is 3.37. The molecule has 1 heterocycles. The molecule has 0 bridgehead atoms. The zero-order valence-electron chi connectivity index (χ0n) is 12.8. The van der Waals surface area contributed by atoms with Gasteiger partial charge in [-0.15, -0.1) is 0 Å². The van der Waals surface area contributed by atoms with Gasteiger partial charge in [-0.25, -0.2) is 4.68 Å². The van der Waals surface area contributed by atoms with E-state index in [0.29, 0.717) is 5.92 Å². The molecule has 0 unspecified atom stereocenters. The van der Waals surface area contributed by atoms with Crippen molar-refractivity contribution < 1.29 is 4.79 Å². The molecule has 1 aliphatic carbocycles. The Labute approximate surface area is 126 Å². The van der Waals surface area contributed by atoms with Gasteiger partial charge in [-0.3, -0.25) is 4.79 Å². The number of rotatable bonds is 3. The summed E-state index contributed by atoms with van der Waals surface area (Å²) in [6.07, 6.45) is 8.96. The van der Waals surface area contributed by atoms with Crippen molar-refractivity contribution in [3.8, 4) is 5.69 Å². The van der Waals surface area contributed by atoms with Crippen LogP contribution in [0.5, 0.6) is 0 Å². The highest BCUT2D eigenvalue weighted by Crippen LogP contribution is 2.33. The zero-order valence-corrected chi connectivity index (χ0v) is 12.8. The number of aldehydes is 1. The Kier molecular flexibility index (Phi) is 3.91. The van der Waals surface area contributed by atoms with Gasteiger partial charge >= 0.3 is 0 Å². The second kappa shape index (κ2) is 5.84. The van der Waals surface area contributed by atoms with E-state index in [2.05, 4.69) is 32.0 Å². The van der Waals surface area contributed by atoms with Gasteiger partial charge in [0.25, 0.3) is 0 Å². The average Bonchev–Trinajstić information content (AvgIpc) is 2.92. The summed E-state index contributed by atoms with van der Waals surface area (Å²) in [7, 11) is 0. The van der Waals surface area contributed by atoms with Crippen LogP contribution in [0.15, 0.2) is 24.4 Å². The van der Waals surface area contributed by atoms with Gasteiger partial charge in [-0.05, 0) is 38.3 Å². The molecule has 1 fully saturated rings. The molecule has 0 atom stereocenters. The van der Waals surface area contributed by atoms with Gasteiger partial charge in [-0.2, -0.15) is 5.10 Å². The molecule has 0 saturated heterocycles. The fraction of sp³-hybridized carbons (Fsp3) is 0.444. The molecular weight excluding hydrogens is 260 g/mol. The molecule has 1 saturated carbocycles. The van der Waals surface area contributed by atoms with Crippen molar-refractivity contribution in [2.24, 2.45) is 0 Å². The van der Waals surface area contributed by atoms with E-state index in [9.17, 15) is 4.79 Å². The lowest BCUT2D eigenvalue weighted by Gasteiger charge is -2.20. The second-order valence-electron chi connectivity index (χ2n) is 6.16. The summed E-state index contributed by atoms with van der Waals surface area (Å²) >= 11 is 0. The van der Waals surface area contributed by atoms with Crippen LogP contribution in [0, 0.1) is 13.8 Å². The Morgan fingerprint density at radius 1 is 1.19 bits per heavy atom. The number of aromatic nitrogens is 2. The molecule has 2 aromatic rings. The van der Waals surface area contributed by atoms with Crippen molar-refractivity contribution in [3.63, 3.8) is 0 Å². The first-order valence-electron chi connectivity index (χ1n) is 7.81. The number of carbonyl (C=O) groups is 1. The number of carbonyl (C=O) groups excluding carboxylic acids is 1. The predicted octanol–water partition coefficient (Wildman–Crippen LogP) is 4.35. The maximum Gasteiger partial charge on any atom is 0.153 e. The normalized spacial score (nSPS) is 16.1. The number of hydrogen-bond acceptors (Lipinski definition) is 2. The van der Waals surface area contributed by atoms with Gasteiger partial charge < -0.3 is 0 Å². The van der Waals surface area contributed by atoms with E-state index in [0.717, 1.165) is 36.1 Å². The third kappa shape index (κ3) is 2.78. The van der Waals surface area contributed by atoms with Gasteiger partial charge in [0.15, 0.2) is 6.29 Å². The Morgan fingerprint density at radius 3 is 2.62 bits per heavy atom. The van der Waals surface area contributed by atoms with E-state index in [4.69, 9.17) is 5.10 Å². The first-order valence-corrected chi connectivity index (χ1v) is 7.81. The largest absolute Gasteiger partial charge is 0.298 e. The van der Waals surface area contributed by atoms with Gasteiger partial charge in [0.05, 0.1) is 16.9 Å². The summed E-state index contributed by atoms with van der Waals surface area (Å²) in [5, 5.41) is 4.75. The molecule has 1 aliphatic rings. The summed E-state index contributed by atoms with van der Waals surface area (Å²) in [5.74, 6) is 0.450. The van der Waals surface area contributed by atoms with Crippen molar-refractivity contribution in [1.82, 2.24) is 9.78 Å². The van der Waals surface area contributed by atoms with Crippen molar-refractivity contribution in [1.29, 1.82) is 0 Å². The summed E-state index contributed by atoms with van der Waals surface area (Å²) in [6, 6.07) is 6.32. The number of benzene rings is 1. The topological polar surface area (TPSA) is 34.9 Å². The molecule has 3 heteroatoms. The average molecular weight is 282 g/mol. The highest BCUT2D eigenvalue weighted by molar-refractivity contribution is 5.76. The molecule has 0 radical (unpaired) electrons. The van der Waals surface area contributed by atoms with Crippen LogP contribution in [0.3, 0.4) is 0 Å². The van der Waals surface area contributed by atoms with E-state index in [1.165, 1.54) is 30.4 Å². The molecular formula is C18H22N2O. The lowest BCUT2D eigenvalue weighted by Crippen LogP contribution is -2.08. The van der Waals surface area contributed by atoms with E-state index in [1.54, 1.807) is 0 Å². The minimum absolute atomic E-state index is 0.450. The van der Waals surface area contributed by atoms with E-state index in [-0.39, 0.29) is 0 Å². The van der Waals surface area contributed by atoms with Crippen LogP contribution in [0.25, 0.3) is 5.69 Å². The summed E-state index contributed by atoms with van der Waals surface area (Å²) in [4.78, 5) is 11.4. The van der Waals surface area contributed by atoms with E-state index in [1.807, 2.05) is 10.9 Å². The Balaban J connectivity index is 2.00. The number of hydrogen-bond donors (Lipinski definition) is 0. The molecule has 0 N–H and O–H groups in total. The maximum atomic E-state index is 11.4. The van der Waals surface area contributed by atoms with Crippen LogP contribution in [0.2, 0.25) is 0 Å². The molecule has 3 rings (SSSR count). The molecule has 21 heavy (non-hydrogen) atoms. The predicted molar refractivity (Wildman–Crippen MR) is 84.3 cm³/mol. The first kappa shape index (κ1) is 14.1. The van der Waals surface area contributed by atoms with E-state index < -0.39 is 0 Å². The summed E-state index contributed by atoms with van der Waals surface area (Å²) in [5.41, 5.74) is 5.23. The van der Waals surface area contributed by atoms with Crippen molar-refractivity contribution in [2.45, 2.75) is 51.9 Å². The third-order valence-corrected chi connectivity index (χ3v) is 4.49. The molecule has 3 nitrogen and oxygen atoms in total. The second-order valence-corrected chi connectivity index (χ2v) is 6.16. The van der Waals surface area contributed by atoms with Crippen molar-refractivity contribution in [2.75, 3.05) is 0 Å². The quantitative estimate of drug-likeness (QED) is 0.784. The number of aryl methyl sites for hydroxylation is 2. The van der Waals surface area contributed by atoms with E-state index >= 15 is 0 Å². The Morgan fingerprint density at radius 2 is 1.95 bits per heavy atom. The van der Waals surface area contributed by atoms with Gasteiger partial charge in [0, 0.05) is 12.1 Å². The molecule has 0 aliphatic heterocycles. The van der Waals surface area contributed by atoms with Crippen molar-refractivity contribution >= 4 is 6.29 Å². The van der Waals surface area contributed by atoms with Crippen LogP contribution in [-0.2, 0) is 0 Å². The van der Waals surface area contributed by atoms with Crippen LogP contribution in [0.1, 0.15) is 65.2 Å². The maximum absolute atomic E-state index is 11.4. The Hall–Kier alpha value is -1.90. The van der Waals surface area contributed by atoms with Gasteiger partial charge in [0.2, 0.25) is 0 Å². The van der Waals surface area contributed by atoms with Gasteiger partial charge in [-0.1, -0.05) is 37.0 Å². The standard InChI is InChI=1S/C18H22N2O/c1-13-8-9-17(14(2)10-13)20-11-16(12-21)18(19-20)15-6-4-3-5-7-15/h8-12,15H,3-7H2,1-2H3. The highest BCUT2D eigenvalue weighted by atomic mass is 16.1. The minimum Gasteiger partial charge on any atom is -0.298 e. The molecule has 1 aromatic carbocycles. The zero-order chi connectivity index (χ0) is 14.8. The molecule has 110 valence electrons. The van der Waals surface area contributed by atoms with Crippen molar-refractivity contribution in [3.05, 3.63) is 46.8 Å². The summed E-state index contributed by atoms with van der Waals surface area (Å²) < 4.78 is 1.88. The molecule has 0 amide bonds. The monoisotopic (exact) mass is 282 g/mol. The smallest absolute Gasteiger partial charge is 0.153 e. The summed E-state index contributed by atoms with van der Waals surface area (Å²) in [6.45, 7) is 4.18. The Bertz CT molecular complexity index is 651. The van der Waals surface area contributed by atoms with Crippen LogP contribution in [-0.4, -0.2) is 16.1 Å². The minimum atomic E-state index is 0.450. The van der Waals surface area contributed by atoms with Crippen LogP contribution < -0.4 is 0 Å².